The molecule has 0 heterocycles. The minimum atomic E-state index is -4.19. The Morgan fingerprint density at radius 3 is 2.59 bits per heavy atom. The monoisotopic (exact) mass is 351 g/mol. The van der Waals surface area contributed by atoms with Gasteiger partial charge in [0.05, 0.1) is 11.6 Å². The van der Waals surface area contributed by atoms with Crippen LogP contribution in [0, 0.1) is 11.7 Å². The number of halogens is 2. The molecule has 0 aliphatic rings. The van der Waals surface area contributed by atoms with E-state index in [1.54, 1.807) is 20.8 Å². The Labute approximate surface area is 135 Å². The Kier molecular flexibility index (Phi) is 6.77. The van der Waals surface area contributed by atoms with Gasteiger partial charge in [0.2, 0.25) is 10.0 Å². The van der Waals surface area contributed by atoms with Crippen molar-refractivity contribution in [3.63, 3.8) is 0 Å². The second-order valence-electron chi connectivity index (χ2n) is 5.05. The average Bonchev–Trinajstić information content (AvgIpc) is 2.40. The maximum Gasteiger partial charge on any atom is 0.321 e. The standard InChI is InChI=1S/C14H19ClFNO4S/c1-4-21-13(18)9-17(8-10(2)3)22(19,20)12-7-5-6-11(15)14(12)16/h5-7,10H,4,8-9H2,1-3H3. The number of nitrogens with zero attached hydrogens (tertiary/aromatic N) is 1. The molecule has 0 bridgehead atoms. The summed E-state index contributed by atoms with van der Waals surface area (Å²) in [6, 6.07) is 3.72. The number of esters is 1. The van der Waals surface area contributed by atoms with Gasteiger partial charge in [-0.2, -0.15) is 4.31 Å². The first-order valence-corrected chi connectivity index (χ1v) is 8.61. The van der Waals surface area contributed by atoms with Crippen molar-refractivity contribution in [2.45, 2.75) is 25.7 Å². The van der Waals surface area contributed by atoms with E-state index in [0.29, 0.717) is 0 Å². The highest BCUT2D eigenvalue weighted by molar-refractivity contribution is 7.89. The van der Waals surface area contributed by atoms with Gasteiger partial charge in [-0.3, -0.25) is 4.79 Å². The maximum atomic E-state index is 14.0. The van der Waals surface area contributed by atoms with Gasteiger partial charge in [0.1, 0.15) is 11.4 Å². The molecule has 0 unspecified atom stereocenters. The molecule has 0 amide bonds. The van der Waals surface area contributed by atoms with E-state index in [1.165, 1.54) is 12.1 Å². The first-order valence-electron chi connectivity index (χ1n) is 6.80. The number of carbonyl (C=O) groups excluding carboxylic acids is 1. The summed E-state index contributed by atoms with van der Waals surface area (Å²) in [7, 11) is -4.19. The Hall–Kier alpha value is -1.18. The van der Waals surface area contributed by atoms with Crippen LogP contribution in [0.4, 0.5) is 4.39 Å². The Morgan fingerprint density at radius 1 is 1.41 bits per heavy atom. The molecule has 0 spiro atoms. The van der Waals surface area contributed by atoms with Crippen LogP contribution in [0.15, 0.2) is 23.1 Å². The topological polar surface area (TPSA) is 63.7 Å². The third-order valence-electron chi connectivity index (χ3n) is 2.71. The molecule has 0 saturated heterocycles. The number of sulfonamides is 1. The van der Waals surface area contributed by atoms with Crippen LogP contribution in [-0.2, 0) is 19.6 Å². The molecule has 124 valence electrons. The zero-order chi connectivity index (χ0) is 16.9. The highest BCUT2D eigenvalue weighted by Crippen LogP contribution is 2.25. The number of benzene rings is 1. The van der Waals surface area contributed by atoms with Gasteiger partial charge in [-0.05, 0) is 25.0 Å². The average molecular weight is 352 g/mol. The lowest BCUT2D eigenvalue weighted by Gasteiger charge is -2.23. The van der Waals surface area contributed by atoms with Gasteiger partial charge in [0, 0.05) is 6.54 Å². The first-order chi connectivity index (χ1) is 10.2. The Morgan fingerprint density at radius 2 is 2.05 bits per heavy atom. The van der Waals surface area contributed by atoms with Crippen LogP contribution in [-0.4, -0.2) is 38.4 Å². The molecule has 8 heteroatoms. The minimum absolute atomic E-state index is 0.0496. The largest absolute Gasteiger partial charge is 0.465 e. The number of carbonyl (C=O) groups is 1. The predicted octanol–water partition coefficient (Wildman–Crippen LogP) is 2.69. The highest BCUT2D eigenvalue weighted by atomic mass is 35.5. The fourth-order valence-corrected chi connectivity index (χ4v) is 3.69. The first kappa shape index (κ1) is 18.9. The van der Waals surface area contributed by atoms with E-state index in [0.717, 1.165) is 10.4 Å². The van der Waals surface area contributed by atoms with Crippen LogP contribution in [0.5, 0.6) is 0 Å². The zero-order valence-electron chi connectivity index (χ0n) is 12.7. The van der Waals surface area contributed by atoms with Crippen molar-refractivity contribution in [2.75, 3.05) is 19.7 Å². The summed E-state index contributed by atoms with van der Waals surface area (Å²) in [6.45, 7) is 4.94. The molecule has 0 radical (unpaired) electrons. The van der Waals surface area contributed by atoms with Gasteiger partial charge in [0.15, 0.2) is 5.82 Å². The summed E-state index contributed by atoms with van der Waals surface area (Å²) in [4.78, 5) is 11.1. The Bertz CT molecular complexity index is 634. The molecule has 1 aromatic rings. The molecule has 5 nitrogen and oxygen atoms in total. The molecular formula is C14H19ClFNO4S. The van der Waals surface area contributed by atoms with E-state index < -0.39 is 33.3 Å². The van der Waals surface area contributed by atoms with Crippen LogP contribution in [0.2, 0.25) is 5.02 Å². The lowest BCUT2D eigenvalue weighted by Crippen LogP contribution is -2.39. The molecule has 1 aromatic carbocycles. The number of hydrogen-bond acceptors (Lipinski definition) is 4. The fraction of sp³-hybridized carbons (Fsp3) is 0.500. The molecule has 22 heavy (non-hydrogen) atoms. The highest BCUT2D eigenvalue weighted by Gasteiger charge is 2.30. The number of rotatable bonds is 7. The van der Waals surface area contributed by atoms with Gasteiger partial charge in [-0.15, -0.1) is 0 Å². The smallest absolute Gasteiger partial charge is 0.321 e. The molecule has 0 N–H and O–H groups in total. The second kappa shape index (κ2) is 7.89. The van der Waals surface area contributed by atoms with E-state index in [9.17, 15) is 17.6 Å². The third-order valence-corrected chi connectivity index (χ3v) is 4.83. The van der Waals surface area contributed by atoms with E-state index in [-0.39, 0.29) is 24.1 Å². The molecule has 1 rings (SSSR count). The lowest BCUT2D eigenvalue weighted by atomic mass is 10.2. The van der Waals surface area contributed by atoms with E-state index in [4.69, 9.17) is 16.3 Å². The third kappa shape index (κ3) is 4.66. The van der Waals surface area contributed by atoms with Crippen molar-refractivity contribution in [1.82, 2.24) is 4.31 Å². The van der Waals surface area contributed by atoms with Crippen LogP contribution < -0.4 is 0 Å². The van der Waals surface area contributed by atoms with Crippen molar-refractivity contribution >= 4 is 27.6 Å². The van der Waals surface area contributed by atoms with Gasteiger partial charge >= 0.3 is 5.97 Å². The van der Waals surface area contributed by atoms with Crippen LogP contribution >= 0.6 is 11.6 Å². The van der Waals surface area contributed by atoms with Crippen molar-refractivity contribution in [2.24, 2.45) is 5.92 Å². The zero-order valence-corrected chi connectivity index (χ0v) is 14.2. The molecular weight excluding hydrogens is 333 g/mol. The maximum absolute atomic E-state index is 14.0. The van der Waals surface area contributed by atoms with E-state index >= 15 is 0 Å². The Balaban J connectivity index is 3.21. The van der Waals surface area contributed by atoms with Crippen molar-refractivity contribution in [3.8, 4) is 0 Å². The van der Waals surface area contributed by atoms with E-state index in [1.807, 2.05) is 0 Å². The minimum Gasteiger partial charge on any atom is -0.465 e. The molecule has 0 saturated carbocycles. The normalized spacial score (nSPS) is 12.0. The number of ether oxygens (including phenoxy) is 1. The SMILES string of the molecule is CCOC(=O)CN(CC(C)C)S(=O)(=O)c1cccc(Cl)c1F. The molecule has 0 atom stereocenters. The van der Waals surface area contributed by atoms with Crippen LogP contribution in [0.3, 0.4) is 0 Å². The van der Waals surface area contributed by atoms with Crippen molar-refractivity contribution in [3.05, 3.63) is 29.0 Å². The summed E-state index contributed by atoms with van der Waals surface area (Å²) in [6.07, 6.45) is 0. The van der Waals surface area contributed by atoms with Gasteiger partial charge in [0.25, 0.3) is 0 Å². The molecule has 0 fully saturated rings. The van der Waals surface area contributed by atoms with Crippen LogP contribution in [0.25, 0.3) is 0 Å². The summed E-state index contributed by atoms with van der Waals surface area (Å²) >= 11 is 5.64. The van der Waals surface area contributed by atoms with Gasteiger partial charge < -0.3 is 4.74 Å². The quantitative estimate of drug-likeness (QED) is 0.708. The van der Waals surface area contributed by atoms with Gasteiger partial charge in [-0.25, -0.2) is 12.8 Å². The molecule has 0 aromatic heterocycles. The van der Waals surface area contributed by atoms with Crippen LogP contribution in [0.1, 0.15) is 20.8 Å². The number of hydrogen-bond donors (Lipinski definition) is 0. The van der Waals surface area contributed by atoms with Gasteiger partial charge in [-0.1, -0.05) is 31.5 Å². The predicted molar refractivity (Wildman–Crippen MR) is 81.6 cm³/mol. The van der Waals surface area contributed by atoms with Crippen molar-refractivity contribution in [1.29, 1.82) is 0 Å². The second-order valence-corrected chi connectivity index (χ2v) is 7.36. The summed E-state index contributed by atoms with van der Waals surface area (Å²) in [5, 5.41) is -0.290. The van der Waals surface area contributed by atoms with Crippen molar-refractivity contribution < 1.29 is 22.3 Å². The summed E-state index contributed by atoms with van der Waals surface area (Å²) < 4.78 is 44.9. The molecule has 0 aliphatic carbocycles. The molecule has 0 aliphatic heterocycles. The summed E-state index contributed by atoms with van der Waals surface area (Å²) in [5.74, 6) is -1.76. The van der Waals surface area contributed by atoms with E-state index in [2.05, 4.69) is 0 Å². The summed E-state index contributed by atoms with van der Waals surface area (Å²) in [5.41, 5.74) is 0. The fourth-order valence-electron chi connectivity index (χ4n) is 1.83. The lowest BCUT2D eigenvalue weighted by molar-refractivity contribution is -0.143.